The minimum atomic E-state index is -5.35. The van der Waals surface area contributed by atoms with Crippen LogP contribution in [0.3, 0.4) is 0 Å². The van der Waals surface area contributed by atoms with Gasteiger partial charge in [0.05, 0.1) is 31.0 Å². The van der Waals surface area contributed by atoms with E-state index in [1.807, 2.05) is 0 Å². The van der Waals surface area contributed by atoms with E-state index in [0.29, 0.717) is 35.6 Å². The molecule has 1 radical (unpaired) electrons. The van der Waals surface area contributed by atoms with Crippen LogP contribution in [0.25, 0.3) is 0 Å². The molecule has 0 aliphatic rings. The van der Waals surface area contributed by atoms with Crippen molar-refractivity contribution in [3.05, 3.63) is 128 Å². The maximum absolute atomic E-state index is 12.2. The number of carbonyl (C=O) groups is 2. The first-order chi connectivity index (χ1) is 33.3. The fourth-order valence-corrected chi connectivity index (χ4v) is 6.59. The number of allylic oxidation sites excluding steroid dienone is 2. The zero-order chi connectivity index (χ0) is 53.5. The molecule has 0 heterocycles. The molecule has 1 atom stereocenters. The number of nitrogens with zero attached hydrogens (tertiary/aromatic N) is 6. The molecule has 72 heavy (non-hydrogen) atoms. The maximum Gasteiger partial charge on any atom is 3.00 e. The third-order valence-electron chi connectivity index (χ3n) is 9.07. The summed E-state index contributed by atoms with van der Waals surface area (Å²) in [4.78, 5) is 40.3. The summed E-state index contributed by atoms with van der Waals surface area (Å²) in [5.41, 5.74) is 0.884. The van der Waals surface area contributed by atoms with Gasteiger partial charge in [0.25, 0.3) is 11.4 Å². The Balaban J connectivity index is -0.00000108. The van der Waals surface area contributed by atoms with Gasteiger partial charge in [0.1, 0.15) is 31.6 Å². The van der Waals surface area contributed by atoms with E-state index in [9.17, 15) is 76.2 Å². The number of nitrogens with two attached hydrogens (primary N) is 1. The number of anilines is 2. The molecule has 4 rings (SSSR count). The number of nitrogens with one attached hydrogen (secondary N) is 2. The van der Waals surface area contributed by atoms with Gasteiger partial charge >= 0.3 is 21.6 Å². The average Bonchev–Trinajstić information content (AvgIpc) is 3.29. The molecule has 29 heteroatoms. The fraction of sp³-hybridized carbons (Fsp3) is 0.302. The number of ketones is 2. The Hall–Kier alpha value is -7.23. The Morgan fingerprint density at radius 2 is 1.10 bits per heavy atom. The maximum atomic E-state index is 12.2. The largest absolute Gasteiger partial charge is 3.00 e. The Labute approximate surface area is 428 Å². The van der Waals surface area contributed by atoms with Crippen molar-refractivity contribution in [2.24, 2.45) is 32.1 Å². The van der Waals surface area contributed by atoms with Crippen LogP contribution in [0.1, 0.15) is 64.1 Å². The van der Waals surface area contributed by atoms with Gasteiger partial charge in [-0.15, -0.1) is 10.2 Å². The number of ether oxygens (including phenoxy) is 1. The van der Waals surface area contributed by atoms with E-state index < -0.39 is 109 Å². The van der Waals surface area contributed by atoms with Crippen molar-refractivity contribution < 1.29 is 92.2 Å². The van der Waals surface area contributed by atoms with Crippen molar-refractivity contribution in [3.8, 4) is 11.5 Å². The van der Waals surface area contributed by atoms with Gasteiger partial charge < -0.3 is 50.6 Å². The summed E-state index contributed by atoms with van der Waals surface area (Å²) in [6.45, 7) is 8.95. The van der Waals surface area contributed by atoms with Crippen LogP contribution in [0.5, 0.6) is 11.5 Å². The second-order valence-corrected chi connectivity index (χ2v) is 17.2. The Morgan fingerprint density at radius 1 is 0.708 bits per heavy atom. The van der Waals surface area contributed by atoms with Crippen molar-refractivity contribution in [2.45, 2.75) is 69.6 Å². The molecular formula is C43H50CrN9O17S2. The zero-order valence-corrected chi connectivity index (χ0v) is 41.7. The molecular weight excluding hydrogens is 1030 g/mol. The smallest absolute Gasteiger partial charge is 0.870 e. The number of benzene rings is 4. The number of nitro benzene ring substituents is 2. The first kappa shape index (κ1) is 62.8. The Bertz CT molecular complexity index is 2690. The van der Waals surface area contributed by atoms with Crippen LogP contribution < -0.4 is 36.8 Å². The van der Waals surface area contributed by atoms with Crippen LogP contribution in [-0.4, -0.2) is 67.1 Å². The topological polar surface area (TPSA) is 436 Å². The number of unbranched alkanes of at least 4 members (excludes halogenated alkanes) is 1. The molecule has 4 aromatic carbocycles. The van der Waals surface area contributed by atoms with E-state index in [1.54, 1.807) is 36.4 Å². The summed E-state index contributed by atoms with van der Waals surface area (Å²) in [7, 11) is -10.7. The van der Waals surface area contributed by atoms with E-state index in [2.05, 4.69) is 44.9 Å². The number of para-hydroxylation sites is 2. The molecule has 0 spiro atoms. The van der Waals surface area contributed by atoms with Gasteiger partial charge in [0, 0.05) is 62.7 Å². The zero-order valence-electron chi connectivity index (χ0n) is 41.7. The van der Waals surface area contributed by atoms with E-state index in [-0.39, 0.29) is 21.6 Å². The third-order valence-corrected chi connectivity index (χ3v) is 10.7. The van der Waals surface area contributed by atoms with Gasteiger partial charge in [-0.3, -0.25) is 29.8 Å². The molecule has 0 fully saturated rings. The molecule has 387 valence electrons. The number of azo groups is 2. The summed E-state index contributed by atoms with van der Waals surface area (Å²) >= 11 is 0. The molecule has 0 aromatic heterocycles. The molecule has 0 aliphatic carbocycles. The van der Waals surface area contributed by atoms with Gasteiger partial charge in [0.15, 0.2) is 11.6 Å². The van der Waals surface area contributed by atoms with Gasteiger partial charge in [-0.2, -0.15) is 10.2 Å². The summed E-state index contributed by atoms with van der Waals surface area (Å²) in [6.07, 6.45) is 6.17. The number of Topliss-reactive ketones (excluding diaryl/α,β-unsaturated/α-hetero) is 2. The second kappa shape index (κ2) is 30.5. The van der Waals surface area contributed by atoms with Crippen molar-refractivity contribution in [1.29, 1.82) is 0 Å². The summed E-state index contributed by atoms with van der Waals surface area (Å²) in [5, 5.41) is 88.4. The van der Waals surface area contributed by atoms with Crippen molar-refractivity contribution >= 4 is 65.9 Å². The quantitative estimate of drug-likeness (QED) is 0.0173. The Morgan fingerprint density at radius 3 is 1.40 bits per heavy atom. The molecule has 4 aromatic rings. The monoisotopic (exact) mass is 1080 g/mol. The second-order valence-electron chi connectivity index (χ2n) is 14.5. The van der Waals surface area contributed by atoms with Crippen molar-refractivity contribution in [1.82, 2.24) is 0 Å². The number of rotatable bonds is 23. The number of hydrogen-bond donors (Lipinski definition) is 3. The van der Waals surface area contributed by atoms with Crippen molar-refractivity contribution in [2.75, 3.05) is 30.4 Å². The van der Waals surface area contributed by atoms with Crippen LogP contribution in [-0.2, 0) is 51.9 Å². The van der Waals surface area contributed by atoms with Crippen LogP contribution in [0.2, 0.25) is 0 Å². The van der Waals surface area contributed by atoms with Gasteiger partial charge in [-0.05, 0) is 61.3 Å². The van der Waals surface area contributed by atoms with Crippen LogP contribution in [0.4, 0.5) is 34.1 Å². The van der Waals surface area contributed by atoms with E-state index in [4.69, 9.17) is 10.5 Å². The molecule has 0 bridgehead atoms. The standard InChI is InChI=1S/2C16H14N4O8S.C11H25NO.Cr/c2*1-9(21)14(16(23)17-10-5-3-2-4-6-10)19-18-12-7-11(20(24)25)8-13(15(12)22)29(26,27)28;1-3-5-7-11(4-2)10-13-9-6-8-12;/h2*2-8,17,22-23H,1H3,(H,26,27,28);11H,3-10,12H2,1-2H3;/q;;;+3/p-3/b2*16-14-,19-18?;;. The predicted octanol–water partition coefficient (Wildman–Crippen LogP) is 4.68. The molecule has 0 aliphatic heterocycles. The minimum absolute atomic E-state index is 0. The number of hydrogen-bond acceptors (Lipinski definition) is 24. The summed E-state index contributed by atoms with van der Waals surface area (Å²) in [5.74, 6) is -5.82. The van der Waals surface area contributed by atoms with Gasteiger partial charge in [0.2, 0.25) is 0 Å². The van der Waals surface area contributed by atoms with Crippen LogP contribution >= 0.6 is 0 Å². The average molecular weight is 1080 g/mol. The Kier molecular flexibility index (Phi) is 26.6. The number of non-ortho nitro benzene ring substituents is 2. The van der Waals surface area contributed by atoms with E-state index >= 15 is 0 Å². The first-order valence-corrected chi connectivity index (χ1v) is 23.7. The van der Waals surface area contributed by atoms with E-state index in [1.165, 1.54) is 49.9 Å². The molecule has 26 nitrogen and oxygen atoms in total. The van der Waals surface area contributed by atoms with Gasteiger partial charge in [-0.1, -0.05) is 81.0 Å². The third kappa shape index (κ3) is 21.0. The molecule has 1 unspecified atom stereocenters. The fourth-order valence-electron chi connectivity index (χ4n) is 5.39. The first-order valence-electron chi connectivity index (χ1n) is 20.9. The van der Waals surface area contributed by atoms with Gasteiger partial charge in [-0.25, -0.2) is 16.8 Å². The SMILES string of the molecule is CC(=O)/C(N=Nc1cc([N+](=O)[O-])cc(S(=O)(=O)[O-])c1[O-])=C(/[O-])Nc1ccccc1.CC(=O)/C(N=Nc1cc([N+](=O)[O-])cc(S(=O)(=O)[O-])c1[O-])=C(/[O-])Nc1ccccc1.CCCCC(CC)COCCCN.[Cr+3].[H+].[H+].[H+]. The van der Waals surface area contributed by atoms with Crippen LogP contribution in [0, 0.1) is 26.1 Å². The molecule has 0 amide bonds. The van der Waals surface area contributed by atoms with Crippen LogP contribution in [0.15, 0.2) is 138 Å². The summed E-state index contributed by atoms with van der Waals surface area (Å²) in [6, 6.07) is 17.6. The molecule has 0 saturated carbocycles. The summed E-state index contributed by atoms with van der Waals surface area (Å²) < 4.78 is 72.5. The number of nitro groups is 2. The minimum Gasteiger partial charge on any atom is -0.870 e. The molecule has 0 saturated heterocycles. The molecule has 4 N–H and O–H groups in total. The predicted molar refractivity (Wildman–Crippen MR) is 247 cm³/mol. The van der Waals surface area contributed by atoms with E-state index in [0.717, 1.165) is 45.9 Å². The number of carbonyl (C=O) groups excluding carboxylic acids is 2. The van der Waals surface area contributed by atoms with Crippen molar-refractivity contribution in [3.63, 3.8) is 0 Å². The normalized spacial score (nSPS) is 12.4.